The zero-order chi connectivity index (χ0) is 8.93. The van der Waals surface area contributed by atoms with Crippen molar-refractivity contribution in [2.45, 2.75) is 0 Å². The minimum absolute atomic E-state index is 0. The van der Waals surface area contributed by atoms with Gasteiger partial charge in [0.05, 0.1) is 0 Å². The Hall–Kier alpha value is 1.09. The maximum atomic E-state index is 5.55. The van der Waals surface area contributed by atoms with E-state index in [4.69, 9.17) is 4.52 Å². The Morgan fingerprint density at radius 2 is 1.93 bits per heavy atom. The van der Waals surface area contributed by atoms with Gasteiger partial charge in [-0.3, -0.25) is 0 Å². The molecule has 8 heteroatoms. The van der Waals surface area contributed by atoms with Gasteiger partial charge < -0.3 is 4.52 Å². The van der Waals surface area contributed by atoms with Gasteiger partial charge in [-0.25, -0.2) is 0 Å². The van der Waals surface area contributed by atoms with Crippen molar-refractivity contribution in [3.63, 3.8) is 0 Å². The zero-order valence-electron chi connectivity index (χ0n) is 7.53. The fourth-order valence-corrected chi connectivity index (χ4v) is 3.78. The first-order chi connectivity index (χ1) is 6.45. The first-order valence-corrected chi connectivity index (χ1v) is 6.47. The molecule has 0 saturated carbocycles. The third kappa shape index (κ3) is 4.30. The summed E-state index contributed by atoms with van der Waals surface area (Å²) in [5.41, 5.74) is 0. The van der Waals surface area contributed by atoms with Crippen molar-refractivity contribution in [3.8, 4) is 5.75 Å². The van der Waals surface area contributed by atoms with Gasteiger partial charge >= 0.3 is 0 Å². The molecule has 1 radical (unpaired) electrons. The quantitative estimate of drug-likeness (QED) is 0.590. The molecule has 0 aliphatic carbocycles. The van der Waals surface area contributed by atoms with E-state index in [2.05, 4.69) is 13.5 Å². The second-order valence-corrected chi connectivity index (χ2v) is 5.61. The van der Waals surface area contributed by atoms with Gasteiger partial charge in [0.1, 0.15) is 5.75 Å². The Morgan fingerprint density at radius 3 is 2.57 bits per heavy atom. The van der Waals surface area contributed by atoms with Crippen LogP contribution < -0.4 is 4.52 Å². The molecular weight excluding hydrogens is 262 g/mol. The summed E-state index contributed by atoms with van der Waals surface area (Å²) in [4.78, 5) is 0. The summed E-state index contributed by atoms with van der Waals surface area (Å²) in [7, 11) is 0.115. The number of rotatable bonds is 2. The molecule has 67 valence electrons. The first kappa shape index (κ1) is 13.2. The van der Waals surface area contributed by atoms with Crippen LogP contribution in [0.1, 0.15) is 0 Å². The van der Waals surface area contributed by atoms with Crippen molar-refractivity contribution >= 4 is 76.5 Å². The van der Waals surface area contributed by atoms with Crippen LogP contribution >= 0.6 is 25.1 Å². The van der Waals surface area contributed by atoms with E-state index in [0.29, 0.717) is 0 Å². The first-order valence-electron chi connectivity index (χ1n) is 3.57. The third-order valence-electron chi connectivity index (χ3n) is 1.29. The largest absolute Gasteiger partial charge is 0.443 e. The molecule has 0 bridgehead atoms. The average molecular weight is 268 g/mol. The van der Waals surface area contributed by atoms with Crippen molar-refractivity contribution in [2.75, 3.05) is 0 Å². The van der Waals surface area contributed by atoms with Gasteiger partial charge in [-0.15, -0.1) is 0 Å². The fourth-order valence-electron chi connectivity index (χ4n) is 0.789. The van der Waals surface area contributed by atoms with E-state index in [1.165, 1.54) is 0 Å². The Kier molecular flexibility index (Phi) is 6.93. The second kappa shape index (κ2) is 7.37. The van der Waals surface area contributed by atoms with Crippen molar-refractivity contribution < 1.29 is 4.52 Å². The molecule has 1 aliphatic heterocycles. The van der Waals surface area contributed by atoms with Gasteiger partial charge in [0.25, 0.3) is 0 Å². The molecule has 1 atom stereocenters. The van der Waals surface area contributed by atoms with Gasteiger partial charge in [-0.1, -0.05) is 18.2 Å². The van der Waals surface area contributed by atoms with Crippen LogP contribution in [0.15, 0.2) is 43.9 Å². The van der Waals surface area contributed by atoms with Crippen molar-refractivity contribution in [2.24, 2.45) is 13.5 Å². The Balaban J connectivity index is 0.000000980. The van der Waals surface area contributed by atoms with Crippen LogP contribution in [0.5, 0.6) is 5.75 Å². The minimum atomic E-state index is -1.37. The summed E-state index contributed by atoms with van der Waals surface area (Å²) in [5.74, 6) is 0.830. The van der Waals surface area contributed by atoms with E-state index >= 15 is 0 Å². The summed E-state index contributed by atoms with van der Waals surface area (Å²) < 4.78 is 17.7. The molecule has 4 nitrogen and oxygen atoms in total. The molecule has 0 aromatic heterocycles. The van der Waals surface area contributed by atoms with Crippen LogP contribution in [0.4, 0.5) is 0 Å². The Bertz CT molecular complexity index is 381. The van der Waals surface area contributed by atoms with Gasteiger partial charge in [0.15, 0.2) is 17.0 Å². The molecule has 0 N–H and O–H groups in total. The van der Waals surface area contributed by atoms with Gasteiger partial charge in [-0.05, 0) is 12.1 Å². The number of hydrogen-bond donors (Lipinski definition) is 0. The minimum Gasteiger partial charge on any atom is -0.443 e. The molecule has 1 aliphatic rings. The maximum Gasteiger partial charge on any atom is 0.249 e. The standard InChI is InChI=1S/C6H6N3OP3.K/c1-2-4-6(5-3-1)10-13-8-11-7-12-9-13;/h1-5,13H;. The monoisotopic (exact) mass is 268 g/mol. The molecule has 0 amide bonds. The molecule has 1 heterocycles. The maximum absolute atomic E-state index is 5.55. The summed E-state index contributed by atoms with van der Waals surface area (Å²) in [6, 6.07) is 9.62. The van der Waals surface area contributed by atoms with Crippen molar-refractivity contribution in [1.29, 1.82) is 0 Å². The summed E-state index contributed by atoms with van der Waals surface area (Å²) in [5, 5.41) is 0. The van der Waals surface area contributed by atoms with E-state index in [0.717, 1.165) is 22.8 Å². The van der Waals surface area contributed by atoms with Crippen LogP contribution in [0.25, 0.3) is 0 Å². The SMILES string of the molecule is [K].c1ccc(O[PH]2=NP=NP=N2)cc1. The van der Waals surface area contributed by atoms with Crippen molar-refractivity contribution in [1.82, 2.24) is 0 Å². The van der Waals surface area contributed by atoms with Gasteiger partial charge in [-0.2, -0.15) is 13.5 Å². The van der Waals surface area contributed by atoms with Crippen LogP contribution in [-0.4, -0.2) is 51.4 Å². The van der Waals surface area contributed by atoms with Gasteiger partial charge in [0, 0.05) is 51.4 Å². The molecule has 1 unspecified atom stereocenters. The molecule has 0 spiro atoms. The zero-order valence-corrected chi connectivity index (χ0v) is 13.4. The normalized spacial score (nSPS) is 20.4. The predicted molar refractivity (Wildman–Crippen MR) is 62.3 cm³/mol. The van der Waals surface area contributed by atoms with E-state index < -0.39 is 8.09 Å². The van der Waals surface area contributed by atoms with Gasteiger partial charge in [0.2, 0.25) is 8.09 Å². The van der Waals surface area contributed by atoms with E-state index in [-0.39, 0.29) is 51.4 Å². The Morgan fingerprint density at radius 1 is 1.14 bits per heavy atom. The smallest absolute Gasteiger partial charge is 0.249 e. The van der Waals surface area contributed by atoms with Crippen LogP contribution in [0, 0.1) is 0 Å². The predicted octanol–water partition coefficient (Wildman–Crippen LogP) is 4.02. The van der Waals surface area contributed by atoms with Crippen LogP contribution in [-0.2, 0) is 0 Å². The number of hydrogen-bond acceptors (Lipinski definition) is 4. The number of para-hydroxylation sites is 1. The van der Waals surface area contributed by atoms with E-state index in [1.54, 1.807) is 0 Å². The Labute approximate surface area is 129 Å². The topological polar surface area (TPSA) is 46.3 Å². The summed E-state index contributed by atoms with van der Waals surface area (Å²) in [6.07, 6.45) is 0. The van der Waals surface area contributed by atoms with Crippen LogP contribution in [0.2, 0.25) is 0 Å². The number of benzene rings is 1. The molecule has 14 heavy (non-hydrogen) atoms. The molecule has 0 saturated heterocycles. The van der Waals surface area contributed by atoms with Crippen LogP contribution in [0.3, 0.4) is 0 Å². The fraction of sp³-hybridized carbons (Fsp3) is 0. The van der Waals surface area contributed by atoms with E-state index in [9.17, 15) is 0 Å². The van der Waals surface area contributed by atoms with Crippen molar-refractivity contribution in [3.05, 3.63) is 30.3 Å². The molecule has 0 fully saturated rings. The second-order valence-electron chi connectivity index (χ2n) is 2.17. The van der Waals surface area contributed by atoms with E-state index in [1.807, 2.05) is 30.3 Å². The molecule has 2 rings (SSSR count). The molecule has 1 aromatic carbocycles. The summed E-state index contributed by atoms with van der Waals surface area (Å²) in [6.45, 7) is 0. The average Bonchev–Trinajstić information content (AvgIpc) is 2.21. The molecule has 1 aromatic rings. The summed E-state index contributed by atoms with van der Waals surface area (Å²) >= 11 is 0. The number of nitrogens with zero attached hydrogens (tertiary/aromatic N) is 3. The molecular formula is C6H6KN3OP3. The third-order valence-corrected chi connectivity index (χ3v) is 4.44.